The van der Waals surface area contributed by atoms with Crippen molar-refractivity contribution >= 4 is 11.7 Å². The summed E-state index contributed by atoms with van der Waals surface area (Å²) in [5.74, 6) is -0.263. The van der Waals surface area contributed by atoms with Crippen LogP contribution in [0.3, 0.4) is 0 Å². The number of anilines is 1. The van der Waals surface area contributed by atoms with Crippen LogP contribution in [0.1, 0.15) is 31.7 Å². The Balaban J connectivity index is 2.15. The molecule has 0 amide bonds. The van der Waals surface area contributed by atoms with Gasteiger partial charge in [0, 0.05) is 31.4 Å². The number of rotatable bonds is 4. The molecule has 1 heterocycles. The number of hydrogen-bond acceptors (Lipinski definition) is 3. The zero-order valence-corrected chi connectivity index (χ0v) is 11.6. The van der Waals surface area contributed by atoms with Gasteiger partial charge in [-0.2, -0.15) is 0 Å². The van der Waals surface area contributed by atoms with Crippen molar-refractivity contribution in [3.63, 3.8) is 0 Å². The summed E-state index contributed by atoms with van der Waals surface area (Å²) in [6.07, 6.45) is 0.181. The summed E-state index contributed by atoms with van der Waals surface area (Å²) >= 11 is 0. The van der Waals surface area contributed by atoms with Crippen LogP contribution in [0.15, 0.2) is 24.3 Å². The van der Waals surface area contributed by atoms with E-state index < -0.39 is 5.97 Å². The molecule has 0 radical (unpaired) electrons. The molecule has 104 valence electrons. The molecule has 1 aliphatic heterocycles. The topological polar surface area (TPSA) is 52.6 Å². The lowest BCUT2D eigenvalue weighted by Crippen LogP contribution is -2.51. The van der Waals surface area contributed by atoms with Gasteiger partial charge in [-0.05, 0) is 17.5 Å². The van der Waals surface area contributed by atoms with Crippen LogP contribution < -0.4 is 10.2 Å². The largest absolute Gasteiger partial charge is 0.481 e. The standard InChI is InChI=1S/C15H22N2O2/c1-11(2)13-5-3-4-6-14(13)17-8-7-16-12(10-17)9-15(18)19/h3-6,11-12,16H,7-10H2,1-2H3,(H,18,19). The third-order valence-corrected chi connectivity index (χ3v) is 3.58. The van der Waals surface area contributed by atoms with E-state index in [0.717, 1.165) is 19.6 Å². The molecule has 0 aromatic heterocycles. The molecule has 2 N–H and O–H groups in total. The van der Waals surface area contributed by atoms with Crippen molar-refractivity contribution in [1.29, 1.82) is 0 Å². The van der Waals surface area contributed by atoms with Crippen molar-refractivity contribution in [3.8, 4) is 0 Å². The number of aliphatic carboxylic acids is 1. The average Bonchev–Trinajstić information content (AvgIpc) is 2.38. The Morgan fingerprint density at radius 2 is 2.21 bits per heavy atom. The molecule has 1 unspecified atom stereocenters. The third-order valence-electron chi connectivity index (χ3n) is 3.58. The Bertz CT molecular complexity index is 446. The van der Waals surface area contributed by atoms with Crippen molar-refractivity contribution < 1.29 is 9.90 Å². The summed E-state index contributed by atoms with van der Waals surface area (Å²) in [6, 6.07) is 8.45. The molecule has 1 atom stereocenters. The van der Waals surface area contributed by atoms with Crippen LogP contribution in [0.4, 0.5) is 5.69 Å². The maximum Gasteiger partial charge on any atom is 0.304 e. The first-order valence-electron chi connectivity index (χ1n) is 6.87. The zero-order valence-electron chi connectivity index (χ0n) is 11.6. The van der Waals surface area contributed by atoms with Crippen LogP contribution in [0.5, 0.6) is 0 Å². The predicted molar refractivity (Wildman–Crippen MR) is 76.8 cm³/mol. The molecule has 1 aromatic rings. The van der Waals surface area contributed by atoms with Gasteiger partial charge >= 0.3 is 5.97 Å². The summed E-state index contributed by atoms with van der Waals surface area (Å²) < 4.78 is 0. The lowest BCUT2D eigenvalue weighted by Gasteiger charge is -2.36. The maximum atomic E-state index is 10.8. The number of nitrogens with one attached hydrogen (secondary N) is 1. The van der Waals surface area contributed by atoms with Crippen molar-refractivity contribution in [1.82, 2.24) is 5.32 Å². The minimum Gasteiger partial charge on any atom is -0.481 e. The van der Waals surface area contributed by atoms with Gasteiger partial charge in [0.05, 0.1) is 6.42 Å². The average molecular weight is 262 g/mol. The summed E-state index contributed by atoms with van der Waals surface area (Å²) in [6.45, 7) is 6.91. The molecule has 1 aromatic carbocycles. The summed E-state index contributed by atoms with van der Waals surface area (Å²) in [4.78, 5) is 13.1. The van der Waals surface area contributed by atoms with Crippen molar-refractivity contribution in [2.45, 2.75) is 32.2 Å². The van der Waals surface area contributed by atoms with E-state index in [4.69, 9.17) is 5.11 Å². The first-order valence-corrected chi connectivity index (χ1v) is 6.87. The van der Waals surface area contributed by atoms with Gasteiger partial charge in [-0.3, -0.25) is 4.79 Å². The quantitative estimate of drug-likeness (QED) is 0.872. The molecule has 1 saturated heterocycles. The number of carbonyl (C=O) groups is 1. The Morgan fingerprint density at radius 3 is 2.89 bits per heavy atom. The number of nitrogens with zero attached hydrogens (tertiary/aromatic N) is 1. The zero-order chi connectivity index (χ0) is 13.8. The van der Waals surface area contributed by atoms with Crippen LogP contribution in [0, 0.1) is 0 Å². The van der Waals surface area contributed by atoms with Gasteiger partial charge in [0.2, 0.25) is 0 Å². The summed E-state index contributed by atoms with van der Waals surface area (Å²) in [7, 11) is 0. The number of carboxylic acid groups (broad SMARTS) is 1. The highest BCUT2D eigenvalue weighted by Gasteiger charge is 2.23. The number of carboxylic acids is 1. The SMILES string of the molecule is CC(C)c1ccccc1N1CCNC(CC(=O)O)C1. The monoisotopic (exact) mass is 262 g/mol. The van der Waals surface area contributed by atoms with E-state index in [1.165, 1.54) is 11.3 Å². The summed E-state index contributed by atoms with van der Waals surface area (Å²) in [5, 5.41) is 12.2. The third kappa shape index (κ3) is 3.47. The molecule has 4 heteroatoms. The van der Waals surface area contributed by atoms with Crippen LogP contribution >= 0.6 is 0 Å². The minimum atomic E-state index is -0.739. The molecule has 19 heavy (non-hydrogen) atoms. The van der Waals surface area contributed by atoms with Gasteiger partial charge in [0.25, 0.3) is 0 Å². The molecule has 2 rings (SSSR count). The van der Waals surface area contributed by atoms with E-state index in [2.05, 4.69) is 48.3 Å². The van der Waals surface area contributed by atoms with Gasteiger partial charge in [-0.25, -0.2) is 0 Å². The summed E-state index contributed by atoms with van der Waals surface area (Å²) in [5.41, 5.74) is 2.58. The molecule has 0 aliphatic carbocycles. The molecule has 1 aliphatic rings. The second-order valence-electron chi connectivity index (χ2n) is 5.41. The highest BCUT2D eigenvalue weighted by atomic mass is 16.4. The molecule has 4 nitrogen and oxygen atoms in total. The van der Waals surface area contributed by atoms with E-state index in [-0.39, 0.29) is 12.5 Å². The van der Waals surface area contributed by atoms with E-state index in [1.807, 2.05) is 0 Å². The van der Waals surface area contributed by atoms with Crippen molar-refractivity contribution in [2.75, 3.05) is 24.5 Å². The Morgan fingerprint density at radius 1 is 1.47 bits per heavy atom. The number of piperazine rings is 1. The first-order chi connectivity index (χ1) is 9.08. The van der Waals surface area contributed by atoms with Gasteiger partial charge in [-0.1, -0.05) is 32.0 Å². The fourth-order valence-corrected chi connectivity index (χ4v) is 2.66. The van der Waals surface area contributed by atoms with Crippen LogP contribution in [0.25, 0.3) is 0 Å². The molecule has 1 fully saturated rings. The molecular weight excluding hydrogens is 240 g/mol. The fraction of sp³-hybridized carbons (Fsp3) is 0.533. The Kier molecular flexibility index (Phi) is 4.43. The van der Waals surface area contributed by atoms with E-state index in [0.29, 0.717) is 5.92 Å². The van der Waals surface area contributed by atoms with E-state index >= 15 is 0 Å². The minimum absolute atomic E-state index is 0.0338. The lowest BCUT2D eigenvalue weighted by atomic mass is 9.99. The highest BCUT2D eigenvalue weighted by Crippen LogP contribution is 2.28. The van der Waals surface area contributed by atoms with Gasteiger partial charge in [0.1, 0.15) is 0 Å². The Labute approximate surface area is 114 Å². The molecular formula is C15H22N2O2. The number of benzene rings is 1. The van der Waals surface area contributed by atoms with Crippen LogP contribution in [-0.2, 0) is 4.79 Å². The number of hydrogen-bond donors (Lipinski definition) is 2. The van der Waals surface area contributed by atoms with E-state index in [9.17, 15) is 4.79 Å². The van der Waals surface area contributed by atoms with Crippen molar-refractivity contribution in [2.24, 2.45) is 0 Å². The van der Waals surface area contributed by atoms with Crippen LogP contribution in [-0.4, -0.2) is 36.8 Å². The van der Waals surface area contributed by atoms with Gasteiger partial charge in [0.15, 0.2) is 0 Å². The lowest BCUT2D eigenvalue weighted by molar-refractivity contribution is -0.137. The normalized spacial score (nSPS) is 19.7. The molecule has 0 spiro atoms. The second kappa shape index (κ2) is 6.06. The predicted octanol–water partition coefficient (Wildman–Crippen LogP) is 2.06. The maximum absolute atomic E-state index is 10.8. The Hall–Kier alpha value is -1.55. The molecule has 0 bridgehead atoms. The van der Waals surface area contributed by atoms with E-state index in [1.54, 1.807) is 0 Å². The smallest absolute Gasteiger partial charge is 0.304 e. The highest BCUT2D eigenvalue weighted by molar-refractivity contribution is 5.68. The van der Waals surface area contributed by atoms with Gasteiger partial charge in [-0.15, -0.1) is 0 Å². The first kappa shape index (κ1) is 13.9. The second-order valence-corrected chi connectivity index (χ2v) is 5.41. The van der Waals surface area contributed by atoms with Crippen molar-refractivity contribution in [3.05, 3.63) is 29.8 Å². The fourth-order valence-electron chi connectivity index (χ4n) is 2.66. The number of para-hydroxylation sites is 1. The van der Waals surface area contributed by atoms with Gasteiger partial charge < -0.3 is 15.3 Å². The molecule has 0 saturated carbocycles. The van der Waals surface area contributed by atoms with Crippen LogP contribution in [0.2, 0.25) is 0 Å².